The number of hydrogen-bond donors (Lipinski definition) is 2. The minimum atomic E-state index is -1.21. The number of aliphatic hydroxyl groups is 1. The highest BCUT2D eigenvalue weighted by atomic mass is 127. The summed E-state index contributed by atoms with van der Waals surface area (Å²) < 4.78 is 31.2. The van der Waals surface area contributed by atoms with E-state index in [4.69, 9.17) is 0 Å². The third-order valence-corrected chi connectivity index (χ3v) is 6.42. The molecule has 0 aromatic heterocycles. The molecule has 1 fully saturated rings. The van der Waals surface area contributed by atoms with Gasteiger partial charge >= 0.3 is 0 Å². The second-order valence-electron chi connectivity index (χ2n) is 7.31. The summed E-state index contributed by atoms with van der Waals surface area (Å²) >= 11 is 1.83. The molecule has 0 spiro atoms. The molecule has 3 heterocycles. The molecule has 2 N–H and O–H groups in total. The maximum absolute atomic E-state index is 15.0. The molecule has 1 saturated heterocycles. The molecule has 26 heavy (non-hydrogen) atoms. The van der Waals surface area contributed by atoms with Crippen LogP contribution in [0, 0.1) is 18.6 Å². The van der Waals surface area contributed by atoms with Gasteiger partial charge in [-0.2, -0.15) is 0 Å². The molecule has 3 unspecified atom stereocenters. The Morgan fingerprint density at radius 1 is 1.27 bits per heavy atom. The summed E-state index contributed by atoms with van der Waals surface area (Å²) in [6.45, 7) is 5.77. The van der Waals surface area contributed by atoms with E-state index in [-0.39, 0.29) is 29.0 Å². The van der Waals surface area contributed by atoms with Crippen molar-refractivity contribution in [3.05, 3.63) is 22.8 Å². The number of benzene rings is 1. The first-order chi connectivity index (χ1) is 12.3. The number of fused-ring (bicyclic) bond motifs is 2. The van der Waals surface area contributed by atoms with E-state index in [0.717, 1.165) is 19.5 Å². The molecule has 3 atom stereocenters. The maximum atomic E-state index is 15.0. The number of aliphatic hydroxyl groups excluding tert-OH is 1. The molecule has 0 radical (unpaired) electrons. The summed E-state index contributed by atoms with van der Waals surface area (Å²) in [4.78, 5) is 8.84. The van der Waals surface area contributed by atoms with Crippen molar-refractivity contribution in [1.29, 1.82) is 0 Å². The SMILES string of the molecule is Cc1c(F)c2c3c(c1F)N(I)C(O)N=C3N1C(C)CN(C)CC1CCN2. The fraction of sp³-hybridized carbons (Fsp3) is 0.588. The van der Waals surface area contributed by atoms with Gasteiger partial charge in [0, 0.05) is 37.3 Å². The van der Waals surface area contributed by atoms with Crippen LogP contribution in [-0.4, -0.2) is 65.9 Å². The number of nitrogens with zero attached hydrogens (tertiary/aromatic N) is 4. The molecule has 0 saturated carbocycles. The lowest BCUT2D eigenvalue weighted by Crippen LogP contribution is -2.60. The summed E-state index contributed by atoms with van der Waals surface area (Å²) in [5.74, 6) is -0.760. The van der Waals surface area contributed by atoms with Gasteiger partial charge in [-0.05, 0) is 27.3 Å². The van der Waals surface area contributed by atoms with Gasteiger partial charge in [0.2, 0.25) is 6.35 Å². The number of hydrogen-bond acceptors (Lipinski definition) is 6. The van der Waals surface area contributed by atoms with Crippen LogP contribution in [0.5, 0.6) is 0 Å². The fourth-order valence-electron chi connectivity index (χ4n) is 4.32. The van der Waals surface area contributed by atoms with Gasteiger partial charge in [-0.25, -0.2) is 13.8 Å². The normalized spacial score (nSPS) is 28.6. The number of piperazine rings is 1. The first kappa shape index (κ1) is 18.2. The van der Waals surface area contributed by atoms with Crippen LogP contribution in [0.3, 0.4) is 0 Å². The zero-order valence-corrected chi connectivity index (χ0v) is 17.1. The Morgan fingerprint density at radius 3 is 2.73 bits per heavy atom. The van der Waals surface area contributed by atoms with Crippen LogP contribution in [0.4, 0.5) is 20.2 Å². The topological polar surface area (TPSA) is 54.3 Å². The quantitative estimate of drug-likeness (QED) is 0.444. The van der Waals surface area contributed by atoms with Crippen LogP contribution in [0.15, 0.2) is 4.99 Å². The van der Waals surface area contributed by atoms with Gasteiger partial charge < -0.3 is 20.2 Å². The van der Waals surface area contributed by atoms with Crippen molar-refractivity contribution < 1.29 is 13.9 Å². The first-order valence-corrected chi connectivity index (χ1v) is 9.71. The first-order valence-electron chi connectivity index (χ1n) is 8.74. The molecular formula is C17H22F2IN5O. The second-order valence-corrected chi connectivity index (χ2v) is 8.35. The van der Waals surface area contributed by atoms with E-state index in [2.05, 4.69) is 34.1 Å². The second kappa shape index (κ2) is 6.45. The van der Waals surface area contributed by atoms with Crippen molar-refractivity contribution in [2.75, 3.05) is 35.1 Å². The van der Waals surface area contributed by atoms with Gasteiger partial charge in [0.1, 0.15) is 5.84 Å². The van der Waals surface area contributed by atoms with E-state index in [9.17, 15) is 13.9 Å². The predicted molar refractivity (Wildman–Crippen MR) is 106 cm³/mol. The van der Waals surface area contributed by atoms with Gasteiger partial charge in [-0.1, -0.05) is 0 Å². The zero-order chi connectivity index (χ0) is 18.7. The summed E-state index contributed by atoms with van der Waals surface area (Å²) in [5.41, 5.74) is 0.823. The molecule has 0 bridgehead atoms. The van der Waals surface area contributed by atoms with Crippen LogP contribution >= 0.6 is 22.9 Å². The number of rotatable bonds is 0. The summed E-state index contributed by atoms with van der Waals surface area (Å²) in [6, 6.07) is 0.285. The molecule has 3 aliphatic heterocycles. The van der Waals surface area contributed by atoms with Crippen LogP contribution in [0.25, 0.3) is 0 Å². The van der Waals surface area contributed by atoms with E-state index >= 15 is 0 Å². The molecule has 1 aromatic rings. The molecule has 1 aromatic carbocycles. The number of nitrogens with one attached hydrogen (secondary N) is 1. The fourth-order valence-corrected chi connectivity index (χ4v) is 4.89. The highest BCUT2D eigenvalue weighted by molar-refractivity contribution is 14.1. The Morgan fingerprint density at radius 2 is 2.00 bits per heavy atom. The molecule has 4 rings (SSSR count). The van der Waals surface area contributed by atoms with Crippen molar-refractivity contribution in [2.24, 2.45) is 4.99 Å². The molecule has 142 valence electrons. The standard InChI is InChI=1S/C17H22F2IN5O/c1-8-6-23(3)7-10-4-5-21-14-11-15(13(19)9(2)12(14)18)25(20)17(26)22-16(11)24(8)10/h8,10,17,21,26H,4-7H2,1-3H3. The lowest BCUT2D eigenvalue weighted by molar-refractivity contribution is 0.0966. The third-order valence-electron chi connectivity index (χ3n) is 5.44. The Bertz CT molecular complexity index is 789. The molecule has 6 nitrogen and oxygen atoms in total. The summed E-state index contributed by atoms with van der Waals surface area (Å²) in [6.07, 6.45) is -0.403. The number of amidine groups is 1. The van der Waals surface area contributed by atoms with Crippen molar-refractivity contribution in [3.8, 4) is 0 Å². The lowest BCUT2D eigenvalue weighted by atomic mass is 9.95. The number of likely N-dealkylation sites (N-methyl/N-ethyl adjacent to an activating group) is 1. The summed E-state index contributed by atoms with van der Waals surface area (Å²) in [7, 11) is 2.08. The molecular weight excluding hydrogens is 455 g/mol. The Balaban J connectivity index is 1.98. The van der Waals surface area contributed by atoms with Crippen molar-refractivity contribution in [1.82, 2.24) is 9.80 Å². The van der Waals surface area contributed by atoms with Crippen LogP contribution in [0.2, 0.25) is 0 Å². The van der Waals surface area contributed by atoms with Gasteiger partial charge in [0.25, 0.3) is 0 Å². The Hall–Kier alpha value is -1.20. The number of halogens is 3. The van der Waals surface area contributed by atoms with E-state index in [1.165, 1.54) is 10.0 Å². The average molecular weight is 477 g/mol. The predicted octanol–water partition coefficient (Wildman–Crippen LogP) is 2.29. The number of aliphatic imine (C=N–C) groups is 1. The van der Waals surface area contributed by atoms with Crippen molar-refractivity contribution in [2.45, 2.75) is 38.7 Å². The van der Waals surface area contributed by atoms with Crippen molar-refractivity contribution in [3.63, 3.8) is 0 Å². The van der Waals surface area contributed by atoms with Gasteiger partial charge in [-0.3, -0.25) is 3.11 Å². The lowest BCUT2D eigenvalue weighted by Gasteiger charge is -2.49. The zero-order valence-electron chi connectivity index (χ0n) is 14.9. The van der Waals surface area contributed by atoms with E-state index in [1.807, 2.05) is 22.9 Å². The van der Waals surface area contributed by atoms with Gasteiger partial charge in [-0.15, -0.1) is 0 Å². The third kappa shape index (κ3) is 2.58. The largest absolute Gasteiger partial charge is 0.382 e. The molecule has 9 heteroatoms. The number of anilines is 2. The van der Waals surface area contributed by atoms with Crippen LogP contribution in [-0.2, 0) is 0 Å². The van der Waals surface area contributed by atoms with Gasteiger partial charge in [0.15, 0.2) is 11.6 Å². The van der Waals surface area contributed by atoms with Crippen LogP contribution in [0.1, 0.15) is 24.5 Å². The van der Waals surface area contributed by atoms with E-state index < -0.39 is 18.0 Å². The minimum absolute atomic E-state index is 0.0510. The highest BCUT2D eigenvalue weighted by Gasteiger charge is 2.42. The van der Waals surface area contributed by atoms with E-state index in [1.54, 1.807) is 0 Å². The Labute approximate surface area is 165 Å². The van der Waals surface area contributed by atoms with E-state index in [0.29, 0.717) is 17.9 Å². The Kier molecular flexibility index (Phi) is 4.51. The minimum Gasteiger partial charge on any atom is -0.382 e. The van der Waals surface area contributed by atoms with Gasteiger partial charge in [0.05, 0.1) is 39.8 Å². The smallest absolute Gasteiger partial charge is 0.236 e. The summed E-state index contributed by atoms with van der Waals surface area (Å²) in [5, 5.41) is 13.6. The molecule has 0 amide bonds. The highest BCUT2D eigenvalue weighted by Crippen LogP contribution is 2.43. The maximum Gasteiger partial charge on any atom is 0.236 e. The van der Waals surface area contributed by atoms with Crippen molar-refractivity contribution >= 4 is 40.1 Å². The monoisotopic (exact) mass is 477 g/mol. The average Bonchev–Trinajstić information content (AvgIpc) is 2.56. The molecule has 0 aliphatic carbocycles. The molecule has 3 aliphatic rings. The van der Waals surface area contributed by atoms with Crippen LogP contribution < -0.4 is 8.43 Å².